The Morgan fingerprint density at radius 2 is 1.53 bits per heavy atom. The van der Waals surface area contributed by atoms with Crippen LogP contribution in [0.25, 0.3) is 21.7 Å². The molecule has 0 spiro atoms. The Morgan fingerprint density at radius 3 is 2.28 bits per heavy atom. The van der Waals surface area contributed by atoms with Crippen LogP contribution in [-0.4, -0.2) is 52.7 Å². The highest BCUT2D eigenvalue weighted by molar-refractivity contribution is 7.90. The van der Waals surface area contributed by atoms with E-state index in [1.54, 1.807) is 12.3 Å². The average molecular weight is 471 g/mol. The number of aromatic nitrogens is 1. The summed E-state index contributed by atoms with van der Waals surface area (Å²) in [7, 11) is 0.159. The SMILES string of the molecule is CN(C)c1cccc2c(S(=O)(=O)n3ccc4c(N5CCNCC5)cccc43)cccc12.Cl. The first-order valence-electron chi connectivity index (χ1n) is 10.5. The van der Waals surface area contributed by atoms with Crippen LogP contribution in [0.15, 0.2) is 71.8 Å². The zero-order chi connectivity index (χ0) is 21.6. The number of nitrogens with zero attached hydrogens (tertiary/aromatic N) is 3. The first-order chi connectivity index (χ1) is 15.0. The predicted molar refractivity (Wildman–Crippen MR) is 135 cm³/mol. The highest BCUT2D eigenvalue weighted by atomic mass is 35.5. The van der Waals surface area contributed by atoms with Crippen LogP contribution in [0.3, 0.4) is 0 Å². The van der Waals surface area contributed by atoms with Crippen LogP contribution >= 0.6 is 12.4 Å². The minimum Gasteiger partial charge on any atom is -0.377 e. The van der Waals surface area contributed by atoms with Crippen molar-refractivity contribution in [1.82, 2.24) is 9.29 Å². The van der Waals surface area contributed by atoms with Crippen molar-refractivity contribution in [2.24, 2.45) is 0 Å². The van der Waals surface area contributed by atoms with E-state index < -0.39 is 10.0 Å². The molecule has 32 heavy (non-hydrogen) atoms. The Kier molecular flexibility index (Phi) is 6.07. The summed E-state index contributed by atoms with van der Waals surface area (Å²) in [5.41, 5.74) is 2.78. The third kappa shape index (κ3) is 3.60. The summed E-state index contributed by atoms with van der Waals surface area (Å²) in [6, 6.07) is 19.1. The van der Waals surface area contributed by atoms with Gasteiger partial charge < -0.3 is 15.1 Å². The Labute approximate surface area is 194 Å². The standard InChI is InChI=1S/C24H26N4O2S.ClH/c1-26(2)21-8-3-7-19-18(21)6-4-11-24(19)31(29,30)28-15-12-20-22(9-5-10-23(20)28)27-16-13-25-14-17-27;/h3-12,15,25H,13-14,16-17H2,1-2H3;1H. The predicted octanol–water partition coefficient (Wildman–Crippen LogP) is 3.93. The zero-order valence-electron chi connectivity index (χ0n) is 18.2. The second-order valence-corrected chi connectivity index (χ2v) is 9.87. The molecule has 8 heteroatoms. The van der Waals surface area contributed by atoms with E-state index in [9.17, 15) is 8.42 Å². The Balaban J connectivity index is 0.00000245. The number of fused-ring (bicyclic) bond motifs is 2. The summed E-state index contributed by atoms with van der Waals surface area (Å²) in [6.45, 7) is 3.68. The van der Waals surface area contributed by atoms with Crippen LogP contribution in [0.2, 0.25) is 0 Å². The molecule has 6 nitrogen and oxygen atoms in total. The second kappa shape index (κ2) is 8.65. The third-order valence-corrected chi connectivity index (χ3v) is 7.76. The number of benzene rings is 3. The van der Waals surface area contributed by atoms with Crippen molar-refractivity contribution in [2.75, 3.05) is 50.1 Å². The Morgan fingerprint density at radius 1 is 0.844 bits per heavy atom. The van der Waals surface area contributed by atoms with E-state index in [2.05, 4.69) is 16.3 Å². The molecule has 3 aromatic carbocycles. The molecule has 0 atom stereocenters. The van der Waals surface area contributed by atoms with Crippen LogP contribution < -0.4 is 15.1 Å². The van der Waals surface area contributed by atoms with Gasteiger partial charge in [-0.1, -0.05) is 30.3 Å². The number of hydrogen-bond acceptors (Lipinski definition) is 5. The minimum atomic E-state index is -3.77. The van der Waals surface area contributed by atoms with Crippen molar-refractivity contribution < 1.29 is 8.42 Å². The van der Waals surface area contributed by atoms with Crippen LogP contribution in [0, 0.1) is 0 Å². The van der Waals surface area contributed by atoms with E-state index in [1.165, 1.54) is 3.97 Å². The monoisotopic (exact) mass is 470 g/mol. The largest absolute Gasteiger partial charge is 0.377 e. The average Bonchev–Trinajstić information content (AvgIpc) is 3.24. The molecule has 1 aliphatic rings. The number of piperazine rings is 1. The van der Waals surface area contributed by atoms with Gasteiger partial charge in [-0.3, -0.25) is 0 Å². The van der Waals surface area contributed by atoms with Gasteiger partial charge in [0, 0.05) is 74.0 Å². The molecular formula is C24H27ClN4O2S. The molecule has 4 aromatic rings. The molecule has 1 N–H and O–H groups in total. The molecule has 0 radical (unpaired) electrons. The van der Waals surface area contributed by atoms with Gasteiger partial charge in [-0.05, 0) is 30.3 Å². The van der Waals surface area contributed by atoms with E-state index >= 15 is 0 Å². The van der Waals surface area contributed by atoms with E-state index in [4.69, 9.17) is 0 Å². The topological polar surface area (TPSA) is 57.6 Å². The number of hydrogen-bond donors (Lipinski definition) is 1. The van der Waals surface area contributed by atoms with Gasteiger partial charge in [0.1, 0.15) is 0 Å². The third-order valence-electron chi connectivity index (χ3n) is 6.01. The molecule has 0 aliphatic carbocycles. The van der Waals surface area contributed by atoms with E-state index in [-0.39, 0.29) is 12.4 Å². The smallest absolute Gasteiger partial charge is 0.268 e. The molecule has 0 amide bonds. The quantitative estimate of drug-likeness (QED) is 0.489. The maximum absolute atomic E-state index is 13.8. The molecule has 0 bridgehead atoms. The number of anilines is 2. The van der Waals surface area contributed by atoms with Crippen molar-refractivity contribution in [3.63, 3.8) is 0 Å². The molecule has 5 rings (SSSR count). The molecular weight excluding hydrogens is 444 g/mol. The first-order valence-corrected chi connectivity index (χ1v) is 11.9. The summed E-state index contributed by atoms with van der Waals surface area (Å²) in [5.74, 6) is 0. The van der Waals surface area contributed by atoms with Crippen LogP contribution in [0.5, 0.6) is 0 Å². The fourth-order valence-corrected chi connectivity index (χ4v) is 6.06. The maximum Gasteiger partial charge on any atom is 0.268 e. The molecule has 1 saturated heterocycles. The zero-order valence-corrected chi connectivity index (χ0v) is 19.8. The molecule has 1 aromatic heterocycles. The summed E-state index contributed by atoms with van der Waals surface area (Å²) >= 11 is 0. The molecule has 1 fully saturated rings. The number of halogens is 1. The van der Waals surface area contributed by atoms with Crippen LogP contribution in [-0.2, 0) is 10.0 Å². The van der Waals surface area contributed by atoms with Gasteiger partial charge >= 0.3 is 0 Å². The molecule has 168 valence electrons. The summed E-state index contributed by atoms with van der Waals surface area (Å²) in [5, 5.41) is 5.98. The van der Waals surface area contributed by atoms with Crippen molar-refractivity contribution >= 4 is 55.5 Å². The van der Waals surface area contributed by atoms with E-state index in [0.29, 0.717) is 10.4 Å². The van der Waals surface area contributed by atoms with Crippen molar-refractivity contribution in [3.8, 4) is 0 Å². The lowest BCUT2D eigenvalue weighted by Crippen LogP contribution is -2.43. The lowest BCUT2D eigenvalue weighted by Gasteiger charge is -2.30. The van der Waals surface area contributed by atoms with Crippen molar-refractivity contribution in [2.45, 2.75) is 4.90 Å². The van der Waals surface area contributed by atoms with Crippen LogP contribution in [0.4, 0.5) is 11.4 Å². The van der Waals surface area contributed by atoms with Crippen molar-refractivity contribution in [3.05, 3.63) is 66.9 Å². The van der Waals surface area contributed by atoms with Gasteiger partial charge in [-0.15, -0.1) is 12.4 Å². The fraction of sp³-hybridized carbons (Fsp3) is 0.250. The Bertz CT molecular complexity index is 1380. The highest BCUT2D eigenvalue weighted by Gasteiger charge is 2.23. The van der Waals surface area contributed by atoms with Gasteiger partial charge in [-0.25, -0.2) is 12.4 Å². The summed E-state index contributed by atoms with van der Waals surface area (Å²) < 4.78 is 29.1. The van der Waals surface area contributed by atoms with E-state index in [1.807, 2.05) is 67.5 Å². The van der Waals surface area contributed by atoms with Gasteiger partial charge in [0.2, 0.25) is 0 Å². The lowest BCUT2D eigenvalue weighted by molar-refractivity contribution is 0.589. The molecule has 2 heterocycles. The number of rotatable bonds is 4. The van der Waals surface area contributed by atoms with Gasteiger partial charge in [-0.2, -0.15) is 0 Å². The second-order valence-electron chi connectivity index (χ2n) is 8.09. The Hall–Kier alpha value is -2.74. The van der Waals surface area contributed by atoms with Gasteiger partial charge in [0.15, 0.2) is 0 Å². The van der Waals surface area contributed by atoms with Gasteiger partial charge in [0.05, 0.1) is 10.4 Å². The molecule has 0 saturated carbocycles. The van der Waals surface area contributed by atoms with Gasteiger partial charge in [0.25, 0.3) is 10.0 Å². The maximum atomic E-state index is 13.8. The number of nitrogens with one attached hydrogen (secondary N) is 1. The highest BCUT2D eigenvalue weighted by Crippen LogP contribution is 2.34. The summed E-state index contributed by atoms with van der Waals surface area (Å²) in [4.78, 5) is 4.64. The van der Waals surface area contributed by atoms with Crippen molar-refractivity contribution in [1.29, 1.82) is 0 Å². The lowest BCUT2D eigenvalue weighted by atomic mass is 10.1. The first kappa shape index (κ1) is 22.5. The molecule has 1 aliphatic heterocycles. The fourth-order valence-electron chi connectivity index (χ4n) is 4.50. The van der Waals surface area contributed by atoms with Crippen LogP contribution in [0.1, 0.15) is 0 Å². The minimum absolute atomic E-state index is 0. The normalized spacial score (nSPS) is 14.5. The van der Waals surface area contributed by atoms with E-state index in [0.717, 1.165) is 53.7 Å². The summed E-state index contributed by atoms with van der Waals surface area (Å²) in [6.07, 6.45) is 1.68. The molecule has 0 unspecified atom stereocenters.